The molecule has 0 spiro atoms. The molecule has 71 heavy (non-hydrogen) atoms. The molecule has 0 bridgehead atoms. The van der Waals surface area contributed by atoms with Gasteiger partial charge in [0.1, 0.15) is 37.9 Å². The zero-order valence-corrected chi connectivity index (χ0v) is 39.5. The fraction of sp³-hybridized carbons (Fsp3) is 0.429. The molecule has 3 unspecified atom stereocenters. The summed E-state index contributed by atoms with van der Waals surface area (Å²) in [4.78, 5) is 87.6. The molecular formula is C49H64O22. The smallest absolute Gasteiger partial charge is 0.330 e. The van der Waals surface area contributed by atoms with Crippen molar-refractivity contribution in [1.29, 1.82) is 0 Å². The van der Waals surface area contributed by atoms with Crippen LogP contribution in [0.3, 0.4) is 0 Å². The van der Waals surface area contributed by atoms with Crippen LogP contribution in [0, 0.1) is 5.92 Å². The van der Waals surface area contributed by atoms with Gasteiger partial charge < -0.3 is 67.4 Å². The van der Waals surface area contributed by atoms with Gasteiger partial charge in [0.2, 0.25) is 0 Å². The molecule has 0 fully saturated rings. The third-order valence-electron chi connectivity index (χ3n) is 8.01. The molecule has 0 saturated heterocycles. The summed E-state index contributed by atoms with van der Waals surface area (Å²) in [6, 6.07) is 17.8. The van der Waals surface area contributed by atoms with Gasteiger partial charge in [0.25, 0.3) is 0 Å². The lowest BCUT2D eigenvalue weighted by atomic mass is 10.2. The molecule has 2 aromatic carbocycles. The Labute approximate surface area is 411 Å². The monoisotopic (exact) mass is 1000 g/mol. The van der Waals surface area contributed by atoms with Gasteiger partial charge >= 0.3 is 47.8 Å². The lowest BCUT2D eigenvalue weighted by Gasteiger charge is -2.19. The number of aliphatic carboxylic acids is 2. The molecule has 0 amide bonds. The van der Waals surface area contributed by atoms with Crippen LogP contribution < -0.4 is 9.47 Å². The first kappa shape index (κ1) is 63.6. The number of carbonyl (C=O) groups excluding carboxylic acids is 6. The number of esters is 6. The average Bonchev–Trinajstić information content (AvgIpc) is 3.37. The Morgan fingerprint density at radius 2 is 0.930 bits per heavy atom. The molecule has 3 N–H and O–H groups in total. The van der Waals surface area contributed by atoms with Gasteiger partial charge in [-0.15, -0.1) is 0 Å². The number of carbonyl (C=O) groups is 8. The van der Waals surface area contributed by atoms with Crippen LogP contribution in [-0.2, 0) is 81.0 Å². The van der Waals surface area contributed by atoms with E-state index in [1.54, 1.807) is 48.5 Å². The summed E-state index contributed by atoms with van der Waals surface area (Å²) in [5.74, 6) is -4.66. The van der Waals surface area contributed by atoms with Gasteiger partial charge in [0.05, 0.1) is 78.5 Å². The fourth-order valence-corrected chi connectivity index (χ4v) is 4.56. The molecule has 22 nitrogen and oxygen atoms in total. The first-order chi connectivity index (χ1) is 34.1. The third kappa shape index (κ3) is 39.2. The topological polar surface area (TPSA) is 299 Å². The number of hydrogen-bond donors (Lipinski definition) is 3. The normalized spacial score (nSPS) is 11.3. The molecule has 2 rings (SSSR count). The van der Waals surface area contributed by atoms with E-state index < -0.39 is 60.0 Å². The van der Waals surface area contributed by atoms with E-state index in [0.29, 0.717) is 24.5 Å². The molecule has 0 heterocycles. The largest absolute Gasteiger partial charge is 0.490 e. The Morgan fingerprint density at radius 3 is 1.44 bits per heavy atom. The lowest BCUT2D eigenvalue weighted by molar-refractivity contribution is -0.157. The Hall–Kier alpha value is -7.40. The first-order valence-electron chi connectivity index (χ1n) is 21.8. The number of hydrogen-bond acceptors (Lipinski definition) is 20. The van der Waals surface area contributed by atoms with Gasteiger partial charge in [-0.2, -0.15) is 0 Å². The molecular weight excluding hydrogens is 941 g/mol. The van der Waals surface area contributed by atoms with Gasteiger partial charge in [-0.1, -0.05) is 62.7 Å². The van der Waals surface area contributed by atoms with E-state index in [1.807, 2.05) is 12.1 Å². The van der Waals surface area contributed by atoms with Crippen LogP contribution in [0.15, 0.2) is 111 Å². The minimum absolute atomic E-state index is 0.0112. The second-order valence-electron chi connectivity index (χ2n) is 13.8. The van der Waals surface area contributed by atoms with Crippen LogP contribution in [-0.4, -0.2) is 161 Å². The van der Waals surface area contributed by atoms with E-state index in [0.717, 1.165) is 24.3 Å². The summed E-state index contributed by atoms with van der Waals surface area (Å²) in [6.45, 7) is 14.3. The summed E-state index contributed by atoms with van der Waals surface area (Å²) < 4.78 is 56.5. The SMILES string of the molecule is C=CC(=O)OCCCOCC(CO)COC(=O)C=C.C=CC(=O)OCCOCC(COC(=O)CCC(=O)O)Oc1ccccc1.C=CC(=O)OCCOCC(COc1ccccc1)OC(=O)CCC(=O)O. The maximum absolute atomic E-state index is 11.7. The second-order valence-corrected chi connectivity index (χ2v) is 13.8. The number of carboxylic acids is 2. The Kier molecular flexibility index (Phi) is 38.2. The van der Waals surface area contributed by atoms with Crippen molar-refractivity contribution in [3.63, 3.8) is 0 Å². The number of para-hydroxylation sites is 2. The van der Waals surface area contributed by atoms with Crippen LogP contribution in [0.5, 0.6) is 11.5 Å². The molecule has 0 radical (unpaired) electrons. The number of carboxylic acid groups (broad SMARTS) is 2. The molecule has 392 valence electrons. The summed E-state index contributed by atoms with van der Waals surface area (Å²) >= 11 is 0. The third-order valence-corrected chi connectivity index (χ3v) is 8.01. The summed E-state index contributed by atoms with van der Waals surface area (Å²) in [5.41, 5.74) is 0. The second kappa shape index (κ2) is 42.7. The maximum atomic E-state index is 11.7. The average molecular weight is 1010 g/mol. The molecule has 0 saturated carbocycles. The van der Waals surface area contributed by atoms with Crippen molar-refractivity contribution in [3.05, 3.63) is 111 Å². The molecule has 0 aliphatic heterocycles. The summed E-state index contributed by atoms with van der Waals surface area (Å²) in [6.07, 6.45) is 2.40. The highest BCUT2D eigenvalue weighted by Crippen LogP contribution is 2.13. The first-order valence-corrected chi connectivity index (χ1v) is 21.8. The van der Waals surface area contributed by atoms with E-state index in [4.69, 9.17) is 67.4 Å². The zero-order valence-electron chi connectivity index (χ0n) is 39.5. The maximum Gasteiger partial charge on any atom is 0.330 e. The van der Waals surface area contributed by atoms with Gasteiger partial charge in [0, 0.05) is 43.2 Å². The fourth-order valence-electron chi connectivity index (χ4n) is 4.56. The van der Waals surface area contributed by atoms with Gasteiger partial charge in [0.15, 0.2) is 12.2 Å². The molecule has 0 aromatic heterocycles. The van der Waals surface area contributed by atoms with Crippen LogP contribution in [0.25, 0.3) is 0 Å². The minimum atomic E-state index is -1.08. The number of benzene rings is 2. The van der Waals surface area contributed by atoms with E-state index in [2.05, 4.69) is 26.3 Å². The van der Waals surface area contributed by atoms with Crippen LogP contribution in [0.1, 0.15) is 32.1 Å². The highest BCUT2D eigenvalue weighted by Gasteiger charge is 2.18. The van der Waals surface area contributed by atoms with E-state index in [-0.39, 0.29) is 111 Å². The molecule has 3 atom stereocenters. The highest BCUT2D eigenvalue weighted by molar-refractivity contribution is 5.82. The van der Waals surface area contributed by atoms with Crippen molar-refractivity contribution in [2.75, 3.05) is 85.9 Å². The van der Waals surface area contributed by atoms with Crippen LogP contribution in [0.2, 0.25) is 0 Å². The van der Waals surface area contributed by atoms with Crippen molar-refractivity contribution < 1.29 is 106 Å². The van der Waals surface area contributed by atoms with Crippen molar-refractivity contribution in [3.8, 4) is 11.5 Å². The van der Waals surface area contributed by atoms with E-state index >= 15 is 0 Å². The van der Waals surface area contributed by atoms with Crippen LogP contribution in [0.4, 0.5) is 0 Å². The van der Waals surface area contributed by atoms with Gasteiger partial charge in [-0.05, 0) is 24.3 Å². The number of rotatable bonds is 37. The standard InChI is InChI=1S/2C18H22O8.C13H20O6/c1-2-17(21)24-11-10-23-12-15(26-14-6-4-3-5-7-14)13-25-18(22)9-8-16(19)20;1-2-17(21)24-11-10-23-12-15(26-18(22)9-8-16(19)20)13-25-14-6-4-3-5-7-14;1-3-12(15)18-7-5-6-17-9-11(8-14)10-19-13(16)4-2/h2*2-7,15H,1,8-13H2,(H,19,20);3-4,11,14H,1-2,5-10H2. The predicted molar refractivity (Wildman–Crippen MR) is 250 cm³/mol. The lowest BCUT2D eigenvalue weighted by Crippen LogP contribution is -2.30. The van der Waals surface area contributed by atoms with Gasteiger partial charge in [-0.3, -0.25) is 19.2 Å². The molecule has 0 aliphatic rings. The van der Waals surface area contributed by atoms with Crippen molar-refractivity contribution in [2.45, 2.75) is 44.3 Å². The molecule has 0 aliphatic carbocycles. The minimum Gasteiger partial charge on any atom is -0.490 e. The number of aliphatic hydroxyl groups excluding tert-OH is 1. The Morgan fingerprint density at radius 1 is 0.465 bits per heavy atom. The summed E-state index contributed by atoms with van der Waals surface area (Å²) in [7, 11) is 0. The predicted octanol–water partition coefficient (Wildman–Crippen LogP) is 3.64. The van der Waals surface area contributed by atoms with E-state index in [1.165, 1.54) is 0 Å². The van der Waals surface area contributed by atoms with Crippen LogP contribution >= 0.6 is 0 Å². The van der Waals surface area contributed by atoms with Crippen molar-refractivity contribution >= 4 is 47.8 Å². The Balaban J connectivity index is 0.00000105. The zero-order chi connectivity index (χ0) is 52.9. The Bertz CT molecular complexity index is 1890. The van der Waals surface area contributed by atoms with E-state index in [9.17, 15) is 38.4 Å². The van der Waals surface area contributed by atoms with Crippen molar-refractivity contribution in [1.82, 2.24) is 0 Å². The molecule has 22 heteroatoms. The highest BCUT2D eigenvalue weighted by atomic mass is 16.6. The molecule has 2 aromatic rings. The van der Waals surface area contributed by atoms with Crippen molar-refractivity contribution in [2.24, 2.45) is 5.92 Å². The number of ether oxygens (including phenoxy) is 11. The van der Waals surface area contributed by atoms with Gasteiger partial charge in [-0.25, -0.2) is 19.2 Å². The summed E-state index contributed by atoms with van der Waals surface area (Å²) in [5, 5.41) is 26.2. The quantitative estimate of drug-likeness (QED) is 0.0377. The number of aliphatic hydroxyl groups is 1.